The summed E-state index contributed by atoms with van der Waals surface area (Å²) in [6.07, 6.45) is 1.28. The molecule has 0 radical (unpaired) electrons. The maximum absolute atomic E-state index is 9.52. The monoisotopic (exact) mass is 246 g/mol. The fraction of sp³-hybridized carbons (Fsp3) is 1.00. The number of hydrogen-bond acceptors (Lipinski definition) is 5. The number of rotatable bonds is 7. The van der Waals surface area contributed by atoms with Gasteiger partial charge in [-0.15, -0.1) is 0 Å². The molecular weight excluding hydrogens is 220 g/mol. The molecule has 17 heavy (non-hydrogen) atoms. The van der Waals surface area contributed by atoms with Gasteiger partial charge >= 0.3 is 0 Å². The van der Waals surface area contributed by atoms with Crippen LogP contribution >= 0.6 is 0 Å². The van der Waals surface area contributed by atoms with Crippen molar-refractivity contribution in [3.8, 4) is 0 Å². The molecule has 3 N–H and O–H groups in total. The number of aliphatic hydroxyl groups excluding tert-OH is 1. The third kappa shape index (κ3) is 4.52. The number of nitrogens with zero attached hydrogens (tertiary/aromatic N) is 1. The van der Waals surface area contributed by atoms with Crippen LogP contribution < -0.4 is 5.73 Å². The fourth-order valence-electron chi connectivity index (χ4n) is 2.31. The summed E-state index contributed by atoms with van der Waals surface area (Å²) in [7, 11) is 0. The van der Waals surface area contributed by atoms with Gasteiger partial charge in [0, 0.05) is 52.2 Å². The van der Waals surface area contributed by atoms with Crippen molar-refractivity contribution in [1.29, 1.82) is 0 Å². The molecule has 1 unspecified atom stereocenters. The second-order valence-corrected chi connectivity index (χ2v) is 4.47. The van der Waals surface area contributed by atoms with E-state index in [1.807, 2.05) is 13.8 Å². The Kier molecular flexibility index (Phi) is 6.37. The van der Waals surface area contributed by atoms with E-state index < -0.39 is 11.9 Å². The van der Waals surface area contributed by atoms with Crippen LogP contribution in [-0.4, -0.2) is 61.3 Å². The number of likely N-dealkylation sites (tertiary alicyclic amines) is 1. The second-order valence-electron chi connectivity index (χ2n) is 4.47. The number of hydrogen-bond donors (Lipinski definition) is 2. The SMILES string of the molecule is CCOC1(OCC)CCN(CC(O)CN)CC1. The van der Waals surface area contributed by atoms with Crippen molar-refractivity contribution < 1.29 is 14.6 Å². The van der Waals surface area contributed by atoms with Gasteiger partial charge in [0.2, 0.25) is 0 Å². The number of aliphatic hydroxyl groups is 1. The van der Waals surface area contributed by atoms with E-state index in [4.69, 9.17) is 15.2 Å². The lowest BCUT2D eigenvalue weighted by molar-refractivity contribution is -0.253. The highest BCUT2D eigenvalue weighted by atomic mass is 16.7. The minimum Gasteiger partial charge on any atom is -0.390 e. The summed E-state index contributed by atoms with van der Waals surface area (Å²) in [5, 5.41) is 9.52. The fourth-order valence-corrected chi connectivity index (χ4v) is 2.31. The van der Waals surface area contributed by atoms with Crippen molar-refractivity contribution in [3.63, 3.8) is 0 Å². The Bertz CT molecular complexity index is 198. The maximum atomic E-state index is 9.52. The van der Waals surface area contributed by atoms with Gasteiger partial charge in [0.05, 0.1) is 6.10 Å². The zero-order valence-corrected chi connectivity index (χ0v) is 11.0. The van der Waals surface area contributed by atoms with Gasteiger partial charge in [0.25, 0.3) is 0 Å². The van der Waals surface area contributed by atoms with Crippen LogP contribution in [0.25, 0.3) is 0 Å². The van der Waals surface area contributed by atoms with Crippen LogP contribution in [0.15, 0.2) is 0 Å². The predicted molar refractivity (Wildman–Crippen MR) is 66.7 cm³/mol. The van der Waals surface area contributed by atoms with E-state index in [-0.39, 0.29) is 0 Å². The first-order valence-electron chi connectivity index (χ1n) is 6.54. The molecule has 0 aliphatic carbocycles. The zero-order valence-electron chi connectivity index (χ0n) is 11.0. The molecule has 1 aliphatic rings. The molecule has 0 aromatic rings. The standard InChI is InChI=1S/C12H26N2O3/c1-3-16-12(17-4-2)5-7-14(8-6-12)10-11(15)9-13/h11,15H,3-10,13H2,1-2H3. The number of β-amino-alcohol motifs (C(OH)–C–C–N with tert-alkyl or cyclic N) is 1. The quantitative estimate of drug-likeness (QED) is 0.627. The first-order valence-corrected chi connectivity index (χ1v) is 6.54. The summed E-state index contributed by atoms with van der Waals surface area (Å²) < 4.78 is 11.5. The summed E-state index contributed by atoms with van der Waals surface area (Å²) >= 11 is 0. The lowest BCUT2D eigenvalue weighted by atomic mass is 10.0. The van der Waals surface area contributed by atoms with Gasteiger partial charge in [0.1, 0.15) is 0 Å². The molecule has 1 heterocycles. The van der Waals surface area contributed by atoms with E-state index in [9.17, 15) is 5.11 Å². The molecule has 0 aromatic heterocycles. The Labute approximate surface area is 104 Å². The molecule has 0 bridgehead atoms. The van der Waals surface area contributed by atoms with Crippen molar-refractivity contribution in [2.75, 3.05) is 39.4 Å². The van der Waals surface area contributed by atoms with E-state index in [2.05, 4.69) is 4.90 Å². The molecule has 0 amide bonds. The smallest absolute Gasteiger partial charge is 0.170 e. The predicted octanol–water partition coefficient (Wildman–Crippen LogP) is 0.171. The van der Waals surface area contributed by atoms with Crippen LogP contribution in [0.5, 0.6) is 0 Å². The van der Waals surface area contributed by atoms with Gasteiger partial charge < -0.3 is 25.2 Å². The highest BCUT2D eigenvalue weighted by molar-refractivity contribution is 4.81. The average Bonchev–Trinajstić information content (AvgIpc) is 2.33. The Morgan fingerprint density at radius 3 is 2.18 bits per heavy atom. The normalized spacial score (nSPS) is 22.6. The molecule has 102 valence electrons. The summed E-state index contributed by atoms with van der Waals surface area (Å²) in [5.74, 6) is -0.409. The second kappa shape index (κ2) is 7.28. The van der Waals surface area contributed by atoms with E-state index in [1.165, 1.54) is 0 Å². The first-order chi connectivity index (χ1) is 8.15. The topological polar surface area (TPSA) is 68.0 Å². The van der Waals surface area contributed by atoms with Crippen molar-refractivity contribution >= 4 is 0 Å². The summed E-state index contributed by atoms with van der Waals surface area (Å²) in [4.78, 5) is 2.22. The Balaban J connectivity index is 2.40. The van der Waals surface area contributed by atoms with Gasteiger partial charge in [0.15, 0.2) is 5.79 Å². The first kappa shape index (κ1) is 14.9. The largest absolute Gasteiger partial charge is 0.390 e. The van der Waals surface area contributed by atoms with Crippen molar-refractivity contribution in [2.45, 2.75) is 38.6 Å². The Morgan fingerprint density at radius 1 is 1.24 bits per heavy atom. The molecule has 5 nitrogen and oxygen atoms in total. The van der Waals surface area contributed by atoms with Crippen LogP contribution in [0.3, 0.4) is 0 Å². The minimum atomic E-state index is -0.429. The van der Waals surface area contributed by atoms with Gasteiger partial charge in [-0.1, -0.05) is 0 Å². The lowest BCUT2D eigenvalue weighted by Gasteiger charge is -2.41. The average molecular weight is 246 g/mol. The Hall–Kier alpha value is -0.200. The molecule has 1 aliphatic heterocycles. The van der Waals surface area contributed by atoms with Crippen molar-refractivity contribution in [1.82, 2.24) is 4.90 Å². The molecule has 0 aromatic carbocycles. The molecule has 1 saturated heterocycles. The molecular formula is C12H26N2O3. The third-order valence-corrected chi connectivity index (χ3v) is 3.17. The highest BCUT2D eigenvalue weighted by Crippen LogP contribution is 2.27. The third-order valence-electron chi connectivity index (χ3n) is 3.17. The van der Waals surface area contributed by atoms with Gasteiger partial charge in [-0.3, -0.25) is 0 Å². The van der Waals surface area contributed by atoms with E-state index in [0.29, 0.717) is 26.3 Å². The Morgan fingerprint density at radius 2 is 1.76 bits per heavy atom. The summed E-state index contributed by atoms with van der Waals surface area (Å²) in [6, 6.07) is 0. The van der Waals surface area contributed by atoms with E-state index in [0.717, 1.165) is 25.9 Å². The zero-order chi connectivity index (χ0) is 12.7. The summed E-state index contributed by atoms with van der Waals surface area (Å²) in [6.45, 7) is 8.06. The molecule has 1 atom stereocenters. The van der Waals surface area contributed by atoms with Gasteiger partial charge in [-0.05, 0) is 13.8 Å². The molecule has 1 rings (SSSR count). The molecule has 0 spiro atoms. The van der Waals surface area contributed by atoms with E-state index in [1.54, 1.807) is 0 Å². The van der Waals surface area contributed by atoms with Crippen molar-refractivity contribution in [2.24, 2.45) is 5.73 Å². The number of piperidine rings is 1. The van der Waals surface area contributed by atoms with Gasteiger partial charge in [-0.2, -0.15) is 0 Å². The molecule has 1 fully saturated rings. The van der Waals surface area contributed by atoms with E-state index >= 15 is 0 Å². The van der Waals surface area contributed by atoms with Crippen LogP contribution in [0.2, 0.25) is 0 Å². The number of ether oxygens (including phenoxy) is 2. The number of nitrogens with two attached hydrogens (primary N) is 1. The summed E-state index contributed by atoms with van der Waals surface area (Å²) in [5.41, 5.74) is 5.41. The lowest BCUT2D eigenvalue weighted by Crippen LogP contribution is -2.50. The van der Waals surface area contributed by atoms with Crippen LogP contribution in [-0.2, 0) is 9.47 Å². The minimum absolute atomic E-state index is 0.318. The van der Waals surface area contributed by atoms with Gasteiger partial charge in [-0.25, -0.2) is 0 Å². The maximum Gasteiger partial charge on any atom is 0.170 e. The molecule has 0 saturated carbocycles. The van der Waals surface area contributed by atoms with Crippen LogP contribution in [0, 0.1) is 0 Å². The molecule has 5 heteroatoms. The van der Waals surface area contributed by atoms with Crippen molar-refractivity contribution in [3.05, 3.63) is 0 Å². The van der Waals surface area contributed by atoms with Crippen LogP contribution in [0.4, 0.5) is 0 Å². The highest BCUT2D eigenvalue weighted by Gasteiger charge is 2.36. The van der Waals surface area contributed by atoms with Crippen LogP contribution in [0.1, 0.15) is 26.7 Å².